The fourth-order valence-corrected chi connectivity index (χ4v) is 4.72. The molecule has 0 radical (unpaired) electrons. The van der Waals surface area contributed by atoms with Gasteiger partial charge in [-0.05, 0) is 50.1 Å². The van der Waals surface area contributed by atoms with Crippen molar-refractivity contribution in [2.75, 3.05) is 24.9 Å². The quantitative estimate of drug-likeness (QED) is 0.731. The van der Waals surface area contributed by atoms with Crippen molar-refractivity contribution in [3.05, 3.63) is 53.6 Å². The highest BCUT2D eigenvalue weighted by atomic mass is 32.2. The summed E-state index contributed by atoms with van der Waals surface area (Å²) in [4.78, 5) is 13.7. The van der Waals surface area contributed by atoms with Crippen molar-refractivity contribution in [1.82, 2.24) is 4.90 Å². The topological polar surface area (TPSA) is 75.7 Å². The lowest BCUT2D eigenvalue weighted by Gasteiger charge is -2.33. The van der Waals surface area contributed by atoms with Crippen molar-refractivity contribution in [1.29, 1.82) is 0 Å². The zero-order valence-corrected chi connectivity index (χ0v) is 17.9. The maximum absolute atomic E-state index is 13.1. The molecule has 1 aliphatic heterocycles. The van der Waals surface area contributed by atoms with E-state index in [0.717, 1.165) is 16.5 Å². The molecule has 0 aromatic heterocycles. The number of ether oxygens (including phenoxy) is 1. The Bertz CT molecular complexity index is 1050. The van der Waals surface area contributed by atoms with Gasteiger partial charge in [-0.2, -0.15) is 13.2 Å². The molecule has 0 aliphatic carbocycles. The number of amides is 1. The van der Waals surface area contributed by atoms with Gasteiger partial charge in [-0.1, -0.05) is 17.7 Å². The lowest BCUT2D eigenvalue weighted by molar-refractivity contribution is -0.184. The first-order chi connectivity index (χ1) is 14.5. The lowest BCUT2D eigenvalue weighted by Crippen LogP contribution is -2.44. The number of nitrogens with one attached hydrogen (secondary N) is 1. The van der Waals surface area contributed by atoms with Crippen LogP contribution < -0.4 is 9.46 Å². The number of likely N-dealkylation sites (tertiary alicyclic amines) is 1. The highest BCUT2D eigenvalue weighted by molar-refractivity contribution is 7.92. The molecule has 31 heavy (non-hydrogen) atoms. The highest BCUT2D eigenvalue weighted by Gasteiger charge is 2.42. The molecular formula is C21H23F3N2O4S. The predicted octanol–water partition coefficient (Wildman–Crippen LogP) is 4.22. The number of carbonyl (C=O) groups is 1. The van der Waals surface area contributed by atoms with Crippen molar-refractivity contribution >= 4 is 21.6 Å². The van der Waals surface area contributed by atoms with Gasteiger partial charge in [-0.15, -0.1) is 0 Å². The Kier molecular flexibility index (Phi) is 6.49. The molecule has 1 atom stereocenters. The number of benzene rings is 2. The summed E-state index contributed by atoms with van der Waals surface area (Å²) in [7, 11) is -2.82. The summed E-state index contributed by atoms with van der Waals surface area (Å²) in [6.45, 7) is 1.60. The number of nitrogens with zero attached hydrogens (tertiary/aromatic N) is 1. The average molecular weight is 456 g/mol. The van der Waals surface area contributed by atoms with Crippen molar-refractivity contribution in [2.24, 2.45) is 5.92 Å². The second kappa shape index (κ2) is 8.78. The molecule has 0 spiro atoms. The summed E-state index contributed by atoms with van der Waals surface area (Å²) in [6, 6.07) is 10.5. The number of methoxy groups -OCH3 is 1. The van der Waals surface area contributed by atoms with Gasteiger partial charge in [-0.25, -0.2) is 8.42 Å². The van der Waals surface area contributed by atoms with Gasteiger partial charge in [0.05, 0.1) is 13.0 Å². The Morgan fingerprint density at radius 3 is 2.45 bits per heavy atom. The van der Waals surface area contributed by atoms with Crippen LogP contribution in [-0.2, 0) is 10.0 Å². The van der Waals surface area contributed by atoms with Crippen LogP contribution >= 0.6 is 0 Å². The van der Waals surface area contributed by atoms with Gasteiger partial charge in [0.15, 0.2) is 0 Å². The average Bonchev–Trinajstić information content (AvgIpc) is 2.73. The van der Waals surface area contributed by atoms with E-state index in [9.17, 15) is 26.4 Å². The first kappa shape index (κ1) is 22.9. The summed E-state index contributed by atoms with van der Waals surface area (Å²) in [5.74, 6) is -2.22. The first-order valence-corrected chi connectivity index (χ1v) is 11.1. The van der Waals surface area contributed by atoms with Gasteiger partial charge in [0, 0.05) is 24.3 Å². The predicted molar refractivity (Wildman–Crippen MR) is 110 cm³/mol. The number of alkyl halides is 3. The molecule has 0 saturated carbocycles. The molecule has 2 aromatic carbocycles. The van der Waals surface area contributed by atoms with Crippen molar-refractivity contribution in [2.45, 2.75) is 30.8 Å². The number of carbonyl (C=O) groups excluding carboxylic acids is 1. The van der Waals surface area contributed by atoms with E-state index in [1.165, 1.54) is 19.2 Å². The molecule has 1 heterocycles. The van der Waals surface area contributed by atoms with Gasteiger partial charge in [0.2, 0.25) is 0 Å². The fraction of sp³-hybridized carbons (Fsp3) is 0.381. The minimum atomic E-state index is -4.38. The summed E-state index contributed by atoms with van der Waals surface area (Å²) in [5.41, 5.74) is 1.26. The summed E-state index contributed by atoms with van der Waals surface area (Å²) in [6.07, 6.45) is -4.19. The molecule has 1 amide bonds. The lowest BCUT2D eigenvalue weighted by atomic mass is 9.97. The van der Waals surface area contributed by atoms with Crippen LogP contribution in [0.15, 0.2) is 47.4 Å². The SMILES string of the molecule is COc1ccc(C(=O)N2CCCC(C(F)(F)F)C2)cc1S(=O)(=O)Nc1ccc(C)cc1. The van der Waals surface area contributed by atoms with E-state index in [-0.39, 0.29) is 35.6 Å². The number of anilines is 1. The molecule has 1 fully saturated rings. The van der Waals surface area contributed by atoms with E-state index in [4.69, 9.17) is 4.74 Å². The van der Waals surface area contributed by atoms with E-state index in [1.54, 1.807) is 24.3 Å². The number of rotatable bonds is 5. The van der Waals surface area contributed by atoms with E-state index < -0.39 is 34.6 Å². The van der Waals surface area contributed by atoms with Crippen LogP contribution in [0.2, 0.25) is 0 Å². The number of sulfonamides is 1. The molecule has 1 aliphatic rings. The minimum absolute atomic E-state index is 0.0166. The smallest absolute Gasteiger partial charge is 0.393 e. The van der Waals surface area contributed by atoms with Crippen LogP contribution in [0.3, 0.4) is 0 Å². The Balaban J connectivity index is 1.89. The van der Waals surface area contributed by atoms with Gasteiger partial charge in [0.25, 0.3) is 15.9 Å². The molecule has 2 aromatic rings. The summed E-state index contributed by atoms with van der Waals surface area (Å²) in [5, 5.41) is 0. The number of hydrogen-bond donors (Lipinski definition) is 1. The first-order valence-electron chi connectivity index (χ1n) is 9.65. The zero-order chi connectivity index (χ0) is 22.8. The Labute approximate surface area is 179 Å². The Morgan fingerprint density at radius 1 is 1.16 bits per heavy atom. The minimum Gasteiger partial charge on any atom is -0.495 e. The maximum Gasteiger partial charge on any atom is 0.393 e. The van der Waals surface area contributed by atoms with E-state index in [2.05, 4.69) is 4.72 Å². The largest absolute Gasteiger partial charge is 0.495 e. The summed E-state index contributed by atoms with van der Waals surface area (Å²) < 4.78 is 72.7. The number of aryl methyl sites for hydroxylation is 1. The molecule has 168 valence electrons. The second-order valence-corrected chi connectivity index (χ2v) is 9.12. The number of piperidine rings is 1. The summed E-state index contributed by atoms with van der Waals surface area (Å²) >= 11 is 0. The van der Waals surface area contributed by atoms with Gasteiger partial charge >= 0.3 is 6.18 Å². The molecule has 10 heteroatoms. The van der Waals surface area contributed by atoms with Crippen LogP contribution in [0.1, 0.15) is 28.8 Å². The normalized spacial score (nSPS) is 17.3. The maximum atomic E-state index is 13.1. The third-order valence-electron chi connectivity index (χ3n) is 5.18. The van der Waals surface area contributed by atoms with Gasteiger partial charge < -0.3 is 9.64 Å². The Morgan fingerprint density at radius 2 is 1.84 bits per heavy atom. The molecule has 1 N–H and O–H groups in total. The van der Waals surface area contributed by atoms with E-state index in [0.29, 0.717) is 5.69 Å². The number of hydrogen-bond acceptors (Lipinski definition) is 4. The molecule has 6 nitrogen and oxygen atoms in total. The standard InChI is InChI=1S/C21H23F3N2O4S/c1-14-5-8-17(9-6-14)25-31(28,29)19-12-15(7-10-18(19)30-2)20(27)26-11-3-4-16(13-26)21(22,23)24/h5-10,12,16,25H,3-4,11,13H2,1-2H3. The molecule has 3 rings (SSSR count). The molecule has 1 unspecified atom stereocenters. The zero-order valence-electron chi connectivity index (χ0n) is 17.1. The number of halogens is 3. The monoisotopic (exact) mass is 456 g/mol. The molecular weight excluding hydrogens is 433 g/mol. The van der Waals surface area contributed by atoms with Crippen LogP contribution in [-0.4, -0.2) is 45.6 Å². The van der Waals surface area contributed by atoms with Crippen molar-refractivity contribution in [3.8, 4) is 5.75 Å². The van der Waals surface area contributed by atoms with Crippen molar-refractivity contribution in [3.63, 3.8) is 0 Å². The van der Waals surface area contributed by atoms with E-state index in [1.807, 2.05) is 6.92 Å². The molecule has 0 bridgehead atoms. The highest BCUT2D eigenvalue weighted by Crippen LogP contribution is 2.34. The molecule has 1 saturated heterocycles. The third-order valence-corrected chi connectivity index (χ3v) is 6.58. The van der Waals surface area contributed by atoms with Crippen LogP contribution in [0.25, 0.3) is 0 Å². The fourth-order valence-electron chi connectivity index (χ4n) is 3.46. The van der Waals surface area contributed by atoms with Gasteiger partial charge in [-0.3, -0.25) is 9.52 Å². The van der Waals surface area contributed by atoms with Crippen molar-refractivity contribution < 1.29 is 31.1 Å². The Hall–Kier alpha value is -2.75. The second-order valence-electron chi connectivity index (χ2n) is 7.47. The third kappa shape index (κ3) is 5.30. The van der Waals surface area contributed by atoms with Crippen LogP contribution in [0.5, 0.6) is 5.75 Å². The van der Waals surface area contributed by atoms with Crippen LogP contribution in [0.4, 0.5) is 18.9 Å². The van der Waals surface area contributed by atoms with Gasteiger partial charge in [0.1, 0.15) is 10.6 Å². The van der Waals surface area contributed by atoms with Crippen LogP contribution in [0, 0.1) is 12.8 Å². The van der Waals surface area contributed by atoms with E-state index >= 15 is 0 Å².